The zero-order valence-corrected chi connectivity index (χ0v) is 13.9. The van der Waals surface area contributed by atoms with Crippen LogP contribution in [0.5, 0.6) is 0 Å². The van der Waals surface area contributed by atoms with E-state index in [9.17, 15) is 4.79 Å². The Balaban J connectivity index is 2.08. The van der Waals surface area contributed by atoms with Gasteiger partial charge in [-0.2, -0.15) is 22.8 Å². The maximum Gasteiger partial charge on any atom is 0.256 e. The molecule has 3 aromatic rings. The number of rotatable bonds is 5. The number of fused-ring (bicyclic) bond motifs is 1. The minimum absolute atomic E-state index is 0.195. The van der Waals surface area contributed by atoms with Gasteiger partial charge in [0, 0.05) is 36.8 Å². The van der Waals surface area contributed by atoms with Crippen molar-refractivity contribution in [3.63, 3.8) is 0 Å². The Bertz CT molecular complexity index is 853. The number of aromatic nitrogens is 5. The summed E-state index contributed by atoms with van der Waals surface area (Å²) < 4.78 is 3.56. The van der Waals surface area contributed by atoms with Crippen LogP contribution in [0.1, 0.15) is 23.0 Å². The molecular weight excluding hydrogens is 312 g/mol. The number of thiol groups is 1. The second kappa shape index (κ2) is 6.41. The predicted octanol–water partition coefficient (Wildman–Crippen LogP) is 1.58. The summed E-state index contributed by atoms with van der Waals surface area (Å²) in [4.78, 5) is 16.5. The molecule has 0 atom stereocenters. The summed E-state index contributed by atoms with van der Waals surface area (Å²) in [6, 6.07) is 1.87. The second-order valence-electron chi connectivity index (χ2n) is 5.09. The SMILES string of the molecule is CCn1cc(-c2ccnc3c(C(=O)NCCS)cnn23)c(C)n1. The normalized spacial score (nSPS) is 11.1. The highest BCUT2D eigenvalue weighted by molar-refractivity contribution is 7.80. The topological polar surface area (TPSA) is 77.1 Å². The highest BCUT2D eigenvalue weighted by atomic mass is 32.1. The molecule has 1 amide bonds. The lowest BCUT2D eigenvalue weighted by Crippen LogP contribution is -2.25. The van der Waals surface area contributed by atoms with Crippen molar-refractivity contribution in [1.82, 2.24) is 29.7 Å². The first-order valence-corrected chi connectivity index (χ1v) is 8.05. The van der Waals surface area contributed by atoms with E-state index >= 15 is 0 Å². The fourth-order valence-corrected chi connectivity index (χ4v) is 2.56. The Hall–Kier alpha value is -2.35. The van der Waals surface area contributed by atoms with Crippen molar-refractivity contribution in [1.29, 1.82) is 0 Å². The molecule has 0 aromatic carbocycles. The molecule has 0 fully saturated rings. The van der Waals surface area contributed by atoms with E-state index in [-0.39, 0.29) is 5.91 Å². The standard InChI is InChI=1S/C15H18N6OS/c1-3-20-9-12(10(2)19-20)13-4-5-16-14-11(8-18-21(13)14)15(22)17-6-7-23/h4-5,8-9,23H,3,6-7H2,1-2H3,(H,17,22). The van der Waals surface area contributed by atoms with Gasteiger partial charge in [-0.05, 0) is 19.9 Å². The fraction of sp³-hybridized carbons (Fsp3) is 0.333. The van der Waals surface area contributed by atoms with Crippen molar-refractivity contribution in [3.8, 4) is 11.3 Å². The number of carbonyl (C=O) groups excluding carboxylic acids is 1. The molecule has 8 heteroatoms. The van der Waals surface area contributed by atoms with Gasteiger partial charge in [0.25, 0.3) is 5.91 Å². The van der Waals surface area contributed by atoms with Crippen molar-refractivity contribution in [2.75, 3.05) is 12.3 Å². The van der Waals surface area contributed by atoms with E-state index in [0.29, 0.717) is 23.5 Å². The molecule has 0 unspecified atom stereocenters. The molecule has 120 valence electrons. The van der Waals surface area contributed by atoms with Gasteiger partial charge in [0.2, 0.25) is 0 Å². The second-order valence-corrected chi connectivity index (χ2v) is 5.53. The molecule has 0 aliphatic carbocycles. The molecule has 3 aromatic heterocycles. The molecule has 0 bridgehead atoms. The smallest absolute Gasteiger partial charge is 0.256 e. The molecule has 7 nitrogen and oxygen atoms in total. The monoisotopic (exact) mass is 330 g/mol. The summed E-state index contributed by atoms with van der Waals surface area (Å²) in [6.07, 6.45) is 5.20. The van der Waals surface area contributed by atoms with Crippen molar-refractivity contribution in [2.45, 2.75) is 20.4 Å². The molecule has 3 rings (SSSR count). The molecule has 3 heterocycles. The average molecular weight is 330 g/mol. The summed E-state index contributed by atoms with van der Waals surface area (Å²) in [5, 5.41) is 11.6. The molecule has 23 heavy (non-hydrogen) atoms. The Kier molecular flexibility index (Phi) is 4.33. The molecule has 0 saturated carbocycles. The molecule has 0 radical (unpaired) electrons. The van der Waals surface area contributed by atoms with Crippen molar-refractivity contribution >= 4 is 24.2 Å². The molecule has 0 aliphatic heterocycles. The number of hydrogen-bond acceptors (Lipinski definition) is 5. The van der Waals surface area contributed by atoms with Crippen molar-refractivity contribution in [3.05, 3.63) is 35.9 Å². The van der Waals surface area contributed by atoms with Crippen LogP contribution >= 0.6 is 12.6 Å². The van der Waals surface area contributed by atoms with Gasteiger partial charge in [-0.1, -0.05) is 0 Å². The van der Waals surface area contributed by atoms with Crippen LogP contribution in [0.3, 0.4) is 0 Å². The lowest BCUT2D eigenvalue weighted by atomic mass is 10.2. The van der Waals surface area contributed by atoms with E-state index in [0.717, 1.165) is 23.5 Å². The van der Waals surface area contributed by atoms with Crippen molar-refractivity contribution < 1.29 is 4.79 Å². The minimum atomic E-state index is -0.195. The quantitative estimate of drug-likeness (QED) is 0.696. The number of amides is 1. The highest BCUT2D eigenvalue weighted by Crippen LogP contribution is 2.23. The Labute approximate surface area is 139 Å². The summed E-state index contributed by atoms with van der Waals surface area (Å²) in [5.41, 5.74) is 3.73. The van der Waals surface area contributed by atoms with Gasteiger partial charge in [0.15, 0.2) is 5.65 Å². The number of hydrogen-bond donors (Lipinski definition) is 2. The molecule has 1 N–H and O–H groups in total. The van der Waals surface area contributed by atoms with Crippen molar-refractivity contribution in [2.24, 2.45) is 0 Å². The van der Waals surface area contributed by atoms with Crippen LogP contribution in [0.15, 0.2) is 24.7 Å². The number of aryl methyl sites for hydroxylation is 2. The van der Waals surface area contributed by atoms with Gasteiger partial charge in [-0.25, -0.2) is 9.50 Å². The lowest BCUT2D eigenvalue weighted by Gasteiger charge is -2.04. The third-order valence-electron chi connectivity index (χ3n) is 3.59. The van der Waals surface area contributed by atoms with E-state index in [1.807, 2.05) is 30.8 Å². The van der Waals surface area contributed by atoms with Gasteiger partial charge >= 0.3 is 0 Å². The van der Waals surface area contributed by atoms with E-state index in [4.69, 9.17) is 0 Å². The van der Waals surface area contributed by atoms with Gasteiger partial charge in [-0.3, -0.25) is 9.48 Å². The first-order chi connectivity index (χ1) is 11.2. The van der Waals surface area contributed by atoms with Gasteiger partial charge in [0.1, 0.15) is 5.56 Å². The predicted molar refractivity (Wildman–Crippen MR) is 90.8 cm³/mol. The maximum atomic E-state index is 12.2. The van der Waals surface area contributed by atoms with Crippen LogP contribution in [0, 0.1) is 6.92 Å². The summed E-state index contributed by atoms with van der Waals surface area (Å²) in [7, 11) is 0. The highest BCUT2D eigenvalue weighted by Gasteiger charge is 2.17. The van der Waals surface area contributed by atoms with Gasteiger partial charge < -0.3 is 5.32 Å². The first kappa shape index (κ1) is 15.5. The largest absolute Gasteiger partial charge is 0.351 e. The summed E-state index contributed by atoms with van der Waals surface area (Å²) in [5.74, 6) is 0.388. The molecule has 0 spiro atoms. The average Bonchev–Trinajstić information content (AvgIpc) is 3.15. The lowest BCUT2D eigenvalue weighted by molar-refractivity contribution is 0.0957. The van der Waals surface area contributed by atoms with E-state index in [2.05, 4.69) is 33.1 Å². The van der Waals surface area contributed by atoms with Crippen LogP contribution in [-0.4, -0.2) is 42.6 Å². The number of carbonyl (C=O) groups is 1. The summed E-state index contributed by atoms with van der Waals surface area (Å²) >= 11 is 4.09. The first-order valence-electron chi connectivity index (χ1n) is 7.42. The minimum Gasteiger partial charge on any atom is -0.351 e. The van der Waals surface area contributed by atoms with Crippen LogP contribution in [0.4, 0.5) is 0 Å². The fourth-order valence-electron chi connectivity index (χ4n) is 2.45. The molecule has 0 saturated heterocycles. The number of nitrogens with zero attached hydrogens (tertiary/aromatic N) is 5. The van der Waals surface area contributed by atoms with Gasteiger partial charge in [-0.15, -0.1) is 0 Å². The van der Waals surface area contributed by atoms with Crippen LogP contribution in [-0.2, 0) is 6.54 Å². The third kappa shape index (κ3) is 2.81. The van der Waals surface area contributed by atoms with Crippen LogP contribution < -0.4 is 5.32 Å². The summed E-state index contributed by atoms with van der Waals surface area (Å²) in [6.45, 7) is 5.29. The van der Waals surface area contributed by atoms with Crippen LogP contribution in [0.25, 0.3) is 16.9 Å². The zero-order valence-electron chi connectivity index (χ0n) is 13.0. The Morgan fingerprint density at radius 3 is 2.96 bits per heavy atom. The Morgan fingerprint density at radius 2 is 2.26 bits per heavy atom. The number of nitrogens with one attached hydrogen (secondary N) is 1. The third-order valence-corrected chi connectivity index (χ3v) is 3.81. The van der Waals surface area contributed by atoms with Gasteiger partial charge in [0.05, 0.1) is 17.6 Å². The van der Waals surface area contributed by atoms with E-state index in [1.54, 1.807) is 16.9 Å². The molecular formula is C15H18N6OS. The van der Waals surface area contributed by atoms with E-state index in [1.165, 1.54) is 0 Å². The maximum absolute atomic E-state index is 12.2. The van der Waals surface area contributed by atoms with Crippen LogP contribution in [0.2, 0.25) is 0 Å². The van der Waals surface area contributed by atoms with E-state index < -0.39 is 0 Å². The zero-order chi connectivity index (χ0) is 16.4. The Morgan fingerprint density at radius 1 is 1.43 bits per heavy atom. The molecule has 0 aliphatic rings.